The molecular weight excluding hydrogens is 248 g/mol. The number of hydrogen-bond acceptors (Lipinski definition) is 3. The van der Waals surface area contributed by atoms with Crippen LogP contribution in [0.3, 0.4) is 0 Å². The van der Waals surface area contributed by atoms with Gasteiger partial charge in [0.15, 0.2) is 0 Å². The summed E-state index contributed by atoms with van der Waals surface area (Å²) in [6, 6.07) is 0. The second-order valence-corrected chi connectivity index (χ2v) is 5.33. The summed E-state index contributed by atoms with van der Waals surface area (Å²) in [6.45, 7) is 1.82. The first kappa shape index (κ1) is 13.8. The lowest BCUT2D eigenvalue weighted by Gasteiger charge is -2.35. The minimum absolute atomic E-state index is 0.0378. The zero-order valence-electron chi connectivity index (χ0n) is 11.0. The first-order valence-corrected chi connectivity index (χ1v) is 6.86. The van der Waals surface area contributed by atoms with E-state index in [0.29, 0.717) is 12.8 Å². The van der Waals surface area contributed by atoms with Gasteiger partial charge >= 0.3 is 5.97 Å². The Kier molecular flexibility index (Phi) is 4.07. The maximum absolute atomic E-state index is 11.9. The summed E-state index contributed by atoms with van der Waals surface area (Å²) >= 11 is 0. The average molecular weight is 268 g/mol. The Morgan fingerprint density at radius 1 is 1.11 bits per heavy atom. The first-order chi connectivity index (χ1) is 9.06. The molecule has 1 heterocycles. The van der Waals surface area contributed by atoms with E-state index >= 15 is 0 Å². The van der Waals surface area contributed by atoms with E-state index in [0.717, 1.165) is 32.4 Å². The molecule has 0 spiro atoms. The molecule has 0 bridgehead atoms. The lowest BCUT2D eigenvalue weighted by molar-refractivity contribution is -0.162. The molecule has 106 valence electrons. The van der Waals surface area contributed by atoms with Gasteiger partial charge in [0.05, 0.1) is 0 Å². The highest BCUT2D eigenvalue weighted by Crippen LogP contribution is 2.41. The molecule has 1 aliphatic carbocycles. The Morgan fingerprint density at radius 2 is 1.74 bits per heavy atom. The highest BCUT2D eigenvalue weighted by atomic mass is 16.4. The van der Waals surface area contributed by atoms with Crippen molar-refractivity contribution in [3.8, 4) is 0 Å². The first-order valence-electron chi connectivity index (χ1n) is 6.86. The number of carbonyl (C=O) groups excluding carboxylic acids is 2. The van der Waals surface area contributed by atoms with Gasteiger partial charge in [0.25, 0.3) is 0 Å². The molecule has 19 heavy (non-hydrogen) atoms. The van der Waals surface area contributed by atoms with Crippen LogP contribution in [0.5, 0.6) is 0 Å². The summed E-state index contributed by atoms with van der Waals surface area (Å²) < 4.78 is 0. The molecule has 2 amide bonds. The third-order valence-electron chi connectivity index (χ3n) is 4.13. The summed E-state index contributed by atoms with van der Waals surface area (Å²) in [6.07, 6.45) is 3.90. The van der Waals surface area contributed by atoms with Crippen LogP contribution in [0.4, 0.5) is 0 Å². The van der Waals surface area contributed by atoms with Gasteiger partial charge in [-0.25, -0.2) is 0 Å². The summed E-state index contributed by atoms with van der Waals surface area (Å²) in [5.41, 5.74) is -1.24. The van der Waals surface area contributed by atoms with Gasteiger partial charge in [-0.2, -0.15) is 0 Å². The molecule has 2 rings (SSSR count). The fourth-order valence-electron chi connectivity index (χ4n) is 2.65. The van der Waals surface area contributed by atoms with E-state index in [1.165, 1.54) is 0 Å². The number of rotatable bonds is 5. The molecule has 2 fully saturated rings. The quantitative estimate of drug-likeness (QED) is 0.705. The molecule has 6 nitrogen and oxygen atoms in total. The Balaban J connectivity index is 1.74. The number of hydrogen-bond donors (Lipinski definition) is 2. The van der Waals surface area contributed by atoms with Gasteiger partial charge in [-0.1, -0.05) is 6.42 Å². The van der Waals surface area contributed by atoms with E-state index in [4.69, 9.17) is 5.11 Å². The van der Waals surface area contributed by atoms with E-state index < -0.39 is 17.3 Å². The minimum atomic E-state index is -1.24. The van der Waals surface area contributed by atoms with Crippen molar-refractivity contribution in [2.45, 2.75) is 38.5 Å². The number of carboxylic acids is 1. The number of carbonyl (C=O) groups is 3. The predicted octanol–water partition coefficient (Wildman–Crippen LogP) is 0.370. The van der Waals surface area contributed by atoms with Crippen molar-refractivity contribution < 1.29 is 19.5 Å². The molecule has 0 aromatic carbocycles. The van der Waals surface area contributed by atoms with Crippen LogP contribution in [0, 0.1) is 5.41 Å². The largest absolute Gasteiger partial charge is 0.480 e. The highest BCUT2D eigenvalue weighted by molar-refractivity contribution is 6.02. The number of aliphatic carboxylic acids is 1. The molecule has 0 atom stereocenters. The fraction of sp³-hybridized carbons (Fsp3) is 0.769. The number of nitrogens with zero attached hydrogens (tertiary/aromatic N) is 1. The van der Waals surface area contributed by atoms with Gasteiger partial charge in [0.1, 0.15) is 5.41 Å². The average Bonchev–Trinajstić information content (AvgIpc) is 2.79. The van der Waals surface area contributed by atoms with Gasteiger partial charge in [0.2, 0.25) is 11.8 Å². The topological polar surface area (TPSA) is 86.7 Å². The SMILES string of the molecule is O=C(CCNC(=O)C1(C(=O)O)CCC1)N1CCCC1. The van der Waals surface area contributed by atoms with Gasteiger partial charge in [-0.15, -0.1) is 0 Å². The molecular formula is C13H20N2O4. The van der Waals surface area contributed by atoms with E-state index in [1.54, 1.807) is 4.90 Å². The van der Waals surface area contributed by atoms with Crippen molar-refractivity contribution in [2.75, 3.05) is 19.6 Å². The van der Waals surface area contributed by atoms with Crippen molar-refractivity contribution >= 4 is 17.8 Å². The highest BCUT2D eigenvalue weighted by Gasteiger charge is 2.50. The van der Waals surface area contributed by atoms with E-state index in [9.17, 15) is 14.4 Å². The van der Waals surface area contributed by atoms with Crippen molar-refractivity contribution in [1.29, 1.82) is 0 Å². The normalized spacial score (nSPS) is 20.7. The van der Waals surface area contributed by atoms with Crippen molar-refractivity contribution in [1.82, 2.24) is 10.2 Å². The van der Waals surface area contributed by atoms with Gasteiger partial charge in [0, 0.05) is 26.1 Å². The van der Waals surface area contributed by atoms with E-state index in [-0.39, 0.29) is 18.9 Å². The third-order valence-corrected chi connectivity index (χ3v) is 4.13. The molecule has 1 aliphatic heterocycles. The second kappa shape index (κ2) is 5.59. The lowest BCUT2D eigenvalue weighted by Crippen LogP contribution is -2.51. The number of carboxylic acid groups (broad SMARTS) is 1. The van der Waals surface area contributed by atoms with Crippen LogP contribution in [0.25, 0.3) is 0 Å². The molecule has 1 saturated carbocycles. The van der Waals surface area contributed by atoms with Crippen LogP contribution < -0.4 is 5.32 Å². The van der Waals surface area contributed by atoms with Crippen LogP contribution in [-0.2, 0) is 14.4 Å². The molecule has 0 radical (unpaired) electrons. The smallest absolute Gasteiger partial charge is 0.319 e. The monoisotopic (exact) mass is 268 g/mol. The molecule has 0 aromatic heterocycles. The molecule has 0 aromatic rings. The van der Waals surface area contributed by atoms with Gasteiger partial charge in [-0.3, -0.25) is 14.4 Å². The summed E-state index contributed by atoms with van der Waals surface area (Å²) in [7, 11) is 0. The van der Waals surface area contributed by atoms with Gasteiger partial charge in [-0.05, 0) is 25.7 Å². The number of nitrogens with one attached hydrogen (secondary N) is 1. The summed E-state index contributed by atoms with van der Waals surface area (Å²) in [4.78, 5) is 36.5. The zero-order chi connectivity index (χ0) is 13.9. The number of amides is 2. The molecule has 2 N–H and O–H groups in total. The molecule has 2 aliphatic rings. The number of likely N-dealkylation sites (tertiary alicyclic amines) is 1. The van der Waals surface area contributed by atoms with Crippen molar-refractivity contribution in [2.24, 2.45) is 5.41 Å². The Labute approximate surface area is 112 Å². The standard InChI is InChI=1S/C13H20N2O4/c16-10(15-8-1-2-9-15)4-7-14-11(17)13(12(18)19)5-3-6-13/h1-9H2,(H,14,17)(H,18,19). The minimum Gasteiger partial charge on any atom is -0.480 e. The molecule has 1 saturated heterocycles. The van der Waals surface area contributed by atoms with Crippen LogP contribution in [0.2, 0.25) is 0 Å². The summed E-state index contributed by atoms with van der Waals surface area (Å²) in [5.74, 6) is -1.46. The molecule has 0 unspecified atom stereocenters. The van der Waals surface area contributed by atoms with E-state index in [2.05, 4.69) is 5.32 Å². The third kappa shape index (κ3) is 2.72. The zero-order valence-corrected chi connectivity index (χ0v) is 11.0. The van der Waals surface area contributed by atoms with Crippen molar-refractivity contribution in [3.05, 3.63) is 0 Å². The second-order valence-electron chi connectivity index (χ2n) is 5.33. The Hall–Kier alpha value is -1.59. The van der Waals surface area contributed by atoms with Crippen LogP contribution in [-0.4, -0.2) is 47.4 Å². The van der Waals surface area contributed by atoms with Crippen molar-refractivity contribution in [3.63, 3.8) is 0 Å². The van der Waals surface area contributed by atoms with Crippen LogP contribution in [0.15, 0.2) is 0 Å². The maximum Gasteiger partial charge on any atom is 0.319 e. The fourth-order valence-corrected chi connectivity index (χ4v) is 2.65. The maximum atomic E-state index is 11.9. The van der Waals surface area contributed by atoms with Gasteiger partial charge < -0.3 is 15.3 Å². The predicted molar refractivity (Wildman–Crippen MR) is 67.4 cm³/mol. The van der Waals surface area contributed by atoms with E-state index in [1.807, 2.05) is 0 Å². The Morgan fingerprint density at radius 3 is 2.21 bits per heavy atom. The summed E-state index contributed by atoms with van der Waals surface area (Å²) in [5, 5.41) is 11.7. The Bertz CT molecular complexity index is 384. The van der Waals surface area contributed by atoms with Crippen LogP contribution in [0.1, 0.15) is 38.5 Å². The lowest BCUT2D eigenvalue weighted by atomic mass is 9.68. The van der Waals surface area contributed by atoms with Crippen LogP contribution >= 0.6 is 0 Å². The molecule has 6 heteroatoms.